The normalized spacial score (nSPS) is 15.4. The molecule has 9 nitrogen and oxygen atoms in total. The summed E-state index contributed by atoms with van der Waals surface area (Å²) in [6, 6.07) is 8.78. The van der Waals surface area contributed by atoms with Gasteiger partial charge in [0.15, 0.2) is 11.5 Å². The Balaban J connectivity index is 1.17. The predicted octanol–water partition coefficient (Wildman–Crippen LogP) is 1.10. The van der Waals surface area contributed by atoms with Gasteiger partial charge in [-0.2, -0.15) is 0 Å². The first-order valence-electron chi connectivity index (χ1n) is 10.2. The highest BCUT2D eigenvalue weighted by Gasteiger charge is 2.24. The SMILES string of the molecule is O=C(NCc1ccc2c(c1)OCO2)C(=O)NCC1CCN(C(=O)c2ccncc2)CC1. The maximum absolute atomic E-state index is 12.5. The number of likely N-dealkylation sites (tertiary alicyclic amines) is 1. The van der Waals surface area contributed by atoms with Gasteiger partial charge in [0.2, 0.25) is 6.79 Å². The van der Waals surface area contributed by atoms with E-state index in [9.17, 15) is 14.4 Å². The van der Waals surface area contributed by atoms with Crippen LogP contribution < -0.4 is 20.1 Å². The Morgan fingerprint density at radius 3 is 2.45 bits per heavy atom. The van der Waals surface area contributed by atoms with Gasteiger partial charge in [-0.05, 0) is 48.6 Å². The molecule has 0 atom stereocenters. The maximum atomic E-state index is 12.5. The van der Waals surface area contributed by atoms with Crippen molar-refractivity contribution < 1.29 is 23.9 Å². The molecule has 2 aromatic rings. The average molecular weight is 424 g/mol. The molecule has 0 saturated carbocycles. The van der Waals surface area contributed by atoms with Gasteiger partial charge >= 0.3 is 11.8 Å². The molecule has 0 aliphatic carbocycles. The Morgan fingerprint density at radius 2 is 1.68 bits per heavy atom. The monoisotopic (exact) mass is 424 g/mol. The minimum absolute atomic E-state index is 0.00668. The zero-order valence-corrected chi connectivity index (χ0v) is 17.0. The molecule has 9 heteroatoms. The lowest BCUT2D eigenvalue weighted by Gasteiger charge is -2.32. The van der Waals surface area contributed by atoms with Gasteiger partial charge in [0.1, 0.15) is 0 Å². The number of nitrogens with zero attached hydrogens (tertiary/aromatic N) is 2. The van der Waals surface area contributed by atoms with E-state index in [2.05, 4.69) is 15.6 Å². The van der Waals surface area contributed by atoms with Crippen LogP contribution in [0.4, 0.5) is 0 Å². The van der Waals surface area contributed by atoms with Crippen LogP contribution >= 0.6 is 0 Å². The summed E-state index contributed by atoms with van der Waals surface area (Å²) in [5, 5.41) is 5.31. The number of carbonyl (C=O) groups is 3. The first-order valence-corrected chi connectivity index (χ1v) is 10.2. The predicted molar refractivity (Wildman–Crippen MR) is 110 cm³/mol. The van der Waals surface area contributed by atoms with Crippen LogP contribution in [0.5, 0.6) is 11.5 Å². The summed E-state index contributed by atoms with van der Waals surface area (Å²) in [6.07, 6.45) is 4.76. The Labute approximate surface area is 179 Å². The van der Waals surface area contributed by atoms with Crippen LogP contribution in [0.25, 0.3) is 0 Å². The van der Waals surface area contributed by atoms with E-state index in [4.69, 9.17) is 9.47 Å². The fourth-order valence-electron chi connectivity index (χ4n) is 3.65. The van der Waals surface area contributed by atoms with Crippen LogP contribution in [0.2, 0.25) is 0 Å². The second-order valence-electron chi connectivity index (χ2n) is 7.55. The lowest BCUT2D eigenvalue weighted by Crippen LogP contribution is -2.44. The number of pyridine rings is 1. The van der Waals surface area contributed by atoms with E-state index < -0.39 is 11.8 Å². The van der Waals surface area contributed by atoms with Crippen molar-refractivity contribution in [2.45, 2.75) is 19.4 Å². The fraction of sp³-hybridized carbons (Fsp3) is 0.364. The van der Waals surface area contributed by atoms with E-state index in [0.29, 0.717) is 36.7 Å². The molecule has 0 radical (unpaired) electrons. The lowest BCUT2D eigenvalue weighted by molar-refractivity contribution is -0.139. The first-order chi connectivity index (χ1) is 15.1. The van der Waals surface area contributed by atoms with Crippen molar-refractivity contribution in [3.05, 3.63) is 53.9 Å². The number of piperidine rings is 1. The number of hydrogen-bond donors (Lipinski definition) is 2. The average Bonchev–Trinajstić information content (AvgIpc) is 3.29. The minimum atomic E-state index is -0.678. The number of aromatic nitrogens is 1. The summed E-state index contributed by atoms with van der Waals surface area (Å²) in [5.74, 6) is 0.185. The van der Waals surface area contributed by atoms with Gasteiger partial charge in [-0.1, -0.05) is 6.07 Å². The summed E-state index contributed by atoms with van der Waals surface area (Å²) in [6.45, 7) is 2.06. The number of rotatable bonds is 5. The van der Waals surface area contributed by atoms with Crippen molar-refractivity contribution in [3.63, 3.8) is 0 Å². The van der Waals surface area contributed by atoms with Gasteiger partial charge in [-0.15, -0.1) is 0 Å². The molecule has 2 aliphatic rings. The molecule has 162 valence electrons. The molecule has 1 aromatic heterocycles. The van der Waals surface area contributed by atoms with Crippen LogP contribution in [0.1, 0.15) is 28.8 Å². The Morgan fingerprint density at radius 1 is 0.968 bits per heavy atom. The van der Waals surface area contributed by atoms with E-state index in [0.717, 1.165) is 18.4 Å². The van der Waals surface area contributed by atoms with E-state index >= 15 is 0 Å². The molecule has 1 fully saturated rings. The molecule has 2 aliphatic heterocycles. The molecule has 31 heavy (non-hydrogen) atoms. The van der Waals surface area contributed by atoms with Crippen molar-refractivity contribution in [1.29, 1.82) is 0 Å². The van der Waals surface area contributed by atoms with Gasteiger partial charge in [-0.25, -0.2) is 0 Å². The third kappa shape index (κ3) is 5.11. The second-order valence-corrected chi connectivity index (χ2v) is 7.55. The summed E-state index contributed by atoms with van der Waals surface area (Å²) in [4.78, 5) is 42.4. The molecular weight excluding hydrogens is 400 g/mol. The van der Waals surface area contributed by atoms with E-state index in [1.54, 1.807) is 36.7 Å². The molecule has 2 N–H and O–H groups in total. The molecular formula is C22H24N4O5. The smallest absolute Gasteiger partial charge is 0.309 e. The Hall–Kier alpha value is -3.62. The summed E-state index contributed by atoms with van der Waals surface area (Å²) >= 11 is 0. The van der Waals surface area contributed by atoms with Gasteiger partial charge in [0.25, 0.3) is 5.91 Å². The first kappa shape index (κ1) is 20.6. The molecule has 0 bridgehead atoms. The summed E-state index contributed by atoms with van der Waals surface area (Å²) in [5.41, 5.74) is 1.44. The quantitative estimate of drug-likeness (QED) is 0.696. The van der Waals surface area contributed by atoms with E-state index in [1.165, 1.54) is 0 Å². The van der Waals surface area contributed by atoms with Crippen LogP contribution in [0.3, 0.4) is 0 Å². The maximum Gasteiger partial charge on any atom is 0.309 e. The van der Waals surface area contributed by atoms with Gasteiger partial charge < -0.3 is 25.0 Å². The highest BCUT2D eigenvalue weighted by atomic mass is 16.7. The minimum Gasteiger partial charge on any atom is -0.454 e. The fourth-order valence-corrected chi connectivity index (χ4v) is 3.65. The Kier molecular flexibility index (Phi) is 6.30. The highest BCUT2D eigenvalue weighted by Crippen LogP contribution is 2.32. The molecule has 0 unspecified atom stereocenters. The van der Waals surface area contributed by atoms with Crippen molar-refractivity contribution in [2.24, 2.45) is 5.92 Å². The van der Waals surface area contributed by atoms with Gasteiger partial charge in [0.05, 0.1) is 0 Å². The second kappa shape index (κ2) is 9.46. The van der Waals surface area contributed by atoms with Crippen LogP contribution in [0, 0.1) is 5.92 Å². The molecule has 1 saturated heterocycles. The van der Waals surface area contributed by atoms with Crippen molar-refractivity contribution in [1.82, 2.24) is 20.5 Å². The van der Waals surface area contributed by atoms with Crippen LogP contribution in [-0.2, 0) is 16.1 Å². The molecule has 0 spiro atoms. The lowest BCUT2D eigenvalue weighted by atomic mass is 9.96. The number of carbonyl (C=O) groups excluding carboxylic acids is 3. The van der Waals surface area contributed by atoms with Crippen molar-refractivity contribution >= 4 is 17.7 Å². The molecule has 1 aromatic carbocycles. The third-order valence-electron chi connectivity index (χ3n) is 5.48. The number of benzene rings is 1. The Bertz CT molecular complexity index is 958. The van der Waals surface area contributed by atoms with Crippen molar-refractivity contribution in [2.75, 3.05) is 26.4 Å². The van der Waals surface area contributed by atoms with E-state index in [-0.39, 0.29) is 25.2 Å². The molecule has 4 rings (SSSR count). The van der Waals surface area contributed by atoms with E-state index in [1.807, 2.05) is 11.0 Å². The highest BCUT2D eigenvalue weighted by molar-refractivity contribution is 6.35. The van der Waals surface area contributed by atoms with Gasteiger partial charge in [0, 0.05) is 44.1 Å². The zero-order valence-electron chi connectivity index (χ0n) is 17.0. The number of ether oxygens (including phenoxy) is 2. The topological polar surface area (TPSA) is 110 Å². The summed E-state index contributed by atoms with van der Waals surface area (Å²) in [7, 11) is 0. The summed E-state index contributed by atoms with van der Waals surface area (Å²) < 4.78 is 10.6. The number of amides is 3. The number of nitrogens with one attached hydrogen (secondary N) is 2. The number of hydrogen-bond acceptors (Lipinski definition) is 6. The standard InChI is InChI=1S/C22H24N4O5/c27-20(21(28)25-13-16-1-2-18-19(11-16)31-14-30-18)24-12-15-5-9-26(10-6-15)22(29)17-3-7-23-8-4-17/h1-4,7-8,11,15H,5-6,9-10,12-14H2,(H,24,27)(H,25,28). The third-order valence-corrected chi connectivity index (χ3v) is 5.48. The molecule has 3 heterocycles. The largest absolute Gasteiger partial charge is 0.454 e. The van der Waals surface area contributed by atoms with Crippen LogP contribution in [0.15, 0.2) is 42.7 Å². The van der Waals surface area contributed by atoms with Crippen molar-refractivity contribution in [3.8, 4) is 11.5 Å². The van der Waals surface area contributed by atoms with Crippen LogP contribution in [-0.4, -0.2) is 54.0 Å². The molecule has 3 amide bonds. The zero-order chi connectivity index (χ0) is 21.6. The van der Waals surface area contributed by atoms with Gasteiger partial charge in [-0.3, -0.25) is 19.4 Å². The number of fused-ring (bicyclic) bond motifs is 1.